The third-order valence-electron chi connectivity index (χ3n) is 3.58. The molecule has 0 radical (unpaired) electrons. The number of primary amides is 1. The molecule has 1 unspecified atom stereocenters. The van der Waals surface area contributed by atoms with Crippen molar-refractivity contribution in [2.75, 3.05) is 25.0 Å². The van der Waals surface area contributed by atoms with E-state index in [-0.39, 0.29) is 17.7 Å². The second-order valence-electron chi connectivity index (χ2n) is 5.15. The standard InChI is InChI=1S/C14H18IN3O2/c15-11-5-1-2-6-12(11)17-13(19)9-18-7-3-4-10(8-18)14(16)20/h1-2,5-6,10H,3-4,7-9H2,(H2,16,20)(H,17,19)/p+1/t10-/m1/s1. The van der Waals surface area contributed by atoms with Crippen molar-refractivity contribution in [3.05, 3.63) is 27.8 Å². The van der Waals surface area contributed by atoms with Crippen LogP contribution in [-0.4, -0.2) is 31.4 Å². The molecular formula is C14H19IN3O2+. The van der Waals surface area contributed by atoms with Gasteiger partial charge in [-0.05, 0) is 47.6 Å². The molecule has 5 nitrogen and oxygen atoms in total. The Hall–Kier alpha value is -1.15. The van der Waals surface area contributed by atoms with Gasteiger partial charge in [0, 0.05) is 3.57 Å². The van der Waals surface area contributed by atoms with Crippen LogP contribution in [0, 0.1) is 9.49 Å². The number of para-hydroxylation sites is 1. The van der Waals surface area contributed by atoms with Crippen molar-refractivity contribution in [2.45, 2.75) is 12.8 Å². The number of quaternary nitrogens is 1. The highest BCUT2D eigenvalue weighted by atomic mass is 127. The fraction of sp³-hybridized carbons (Fsp3) is 0.429. The Balaban J connectivity index is 1.88. The zero-order valence-corrected chi connectivity index (χ0v) is 13.4. The average Bonchev–Trinajstić information content (AvgIpc) is 2.41. The minimum atomic E-state index is -0.250. The molecular weight excluding hydrogens is 369 g/mol. The van der Waals surface area contributed by atoms with E-state index in [1.807, 2.05) is 24.3 Å². The van der Waals surface area contributed by atoms with Crippen LogP contribution in [0.4, 0.5) is 5.69 Å². The lowest BCUT2D eigenvalue weighted by Gasteiger charge is -2.27. The molecule has 1 heterocycles. The lowest BCUT2D eigenvalue weighted by molar-refractivity contribution is -0.899. The first-order valence-corrected chi connectivity index (χ1v) is 7.81. The molecule has 0 aromatic heterocycles. The SMILES string of the molecule is NC(=O)[C@@H]1CCC[NH+](CC(=O)Nc2ccccc2I)C1. The smallest absolute Gasteiger partial charge is 0.279 e. The number of carbonyl (C=O) groups is 2. The van der Waals surface area contributed by atoms with E-state index in [1.54, 1.807) is 0 Å². The van der Waals surface area contributed by atoms with E-state index in [0.29, 0.717) is 13.1 Å². The summed E-state index contributed by atoms with van der Waals surface area (Å²) < 4.78 is 1.02. The van der Waals surface area contributed by atoms with Gasteiger partial charge in [0.15, 0.2) is 6.54 Å². The summed E-state index contributed by atoms with van der Waals surface area (Å²) >= 11 is 2.19. The Labute approximate surface area is 132 Å². The molecule has 1 aliphatic heterocycles. The lowest BCUT2D eigenvalue weighted by atomic mass is 9.97. The minimum absolute atomic E-state index is 0.0192. The number of hydrogen-bond donors (Lipinski definition) is 3. The van der Waals surface area contributed by atoms with Gasteiger partial charge in [0.2, 0.25) is 5.91 Å². The summed E-state index contributed by atoms with van der Waals surface area (Å²) in [6, 6.07) is 7.67. The number of amides is 2. The van der Waals surface area contributed by atoms with Gasteiger partial charge in [-0.3, -0.25) is 9.59 Å². The number of piperidine rings is 1. The van der Waals surface area contributed by atoms with Crippen LogP contribution in [0.2, 0.25) is 0 Å². The van der Waals surface area contributed by atoms with Gasteiger partial charge in [-0.2, -0.15) is 0 Å². The first kappa shape index (κ1) is 15.2. The Morgan fingerprint density at radius 2 is 2.15 bits per heavy atom. The number of hydrogen-bond acceptors (Lipinski definition) is 2. The second kappa shape index (κ2) is 7.03. The van der Waals surface area contributed by atoms with E-state index in [1.165, 1.54) is 0 Å². The van der Waals surface area contributed by atoms with Gasteiger partial charge in [0.25, 0.3) is 5.91 Å². The van der Waals surface area contributed by atoms with Crippen molar-refractivity contribution in [3.8, 4) is 0 Å². The highest BCUT2D eigenvalue weighted by Crippen LogP contribution is 2.16. The van der Waals surface area contributed by atoms with E-state index in [9.17, 15) is 9.59 Å². The topological polar surface area (TPSA) is 76.6 Å². The van der Waals surface area contributed by atoms with Crippen LogP contribution in [0.25, 0.3) is 0 Å². The summed E-state index contributed by atoms with van der Waals surface area (Å²) in [7, 11) is 0. The Morgan fingerprint density at radius 1 is 1.40 bits per heavy atom. The maximum absolute atomic E-state index is 12.1. The molecule has 4 N–H and O–H groups in total. The first-order valence-electron chi connectivity index (χ1n) is 6.73. The molecule has 6 heteroatoms. The fourth-order valence-corrected chi connectivity index (χ4v) is 3.06. The fourth-order valence-electron chi connectivity index (χ4n) is 2.54. The number of likely N-dealkylation sites (tertiary alicyclic amines) is 1. The van der Waals surface area contributed by atoms with Crippen molar-refractivity contribution in [3.63, 3.8) is 0 Å². The van der Waals surface area contributed by atoms with Crippen LogP contribution in [0.1, 0.15) is 12.8 Å². The summed E-state index contributed by atoms with van der Waals surface area (Å²) in [5, 5.41) is 2.92. The number of rotatable bonds is 4. The lowest BCUT2D eigenvalue weighted by Crippen LogP contribution is -3.14. The predicted molar refractivity (Wildman–Crippen MR) is 85.3 cm³/mol. The van der Waals surface area contributed by atoms with E-state index in [4.69, 9.17) is 5.73 Å². The summed E-state index contributed by atoms with van der Waals surface area (Å²) in [6.07, 6.45) is 1.79. The molecule has 0 saturated carbocycles. The number of carbonyl (C=O) groups excluding carboxylic acids is 2. The van der Waals surface area contributed by atoms with Crippen LogP contribution >= 0.6 is 22.6 Å². The van der Waals surface area contributed by atoms with Crippen molar-refractivity contribution in [1.29, 1.82) is 0 Å². The molecule has 0 aliphatic carbocycles. The summed E-state index contributed by atoms with van der Waals surface area (Å²) in [5.41, 5.74) is 6.18. The second-order valence-corrected chi connectivity index (χ2v) is 6.31. The molecule has 20 heavy (non-hydrogen) atoms. The van der Waals surface area contributed by atoms with E-state index < -0.39 is 0 Å². The number of halogens is 1. The Kier molecular flexibility index (Phi) is 5.36. The monoisotopic (exact) mass is 388 g/mol. The van der Waals surface area contributed by atoms with Crippen molar-refractivity contribution < 1.29 is 14.5 Å². The van der Waals surface area contributed by atoms with Crippen LogP contribution in [0.15, 0.2) is 24.3 Å². The normalized spacial score (nSPS) is 22.2. The van der Waals surface area contributed by atoms with Gasteiger partial charge in [-0.25, -0.2) is 0 Å². The van der Waals surface area contributed by atoms with Crippen LogP contribution in [0.5, 0.6) is 0 Å². The minimum Gasteiger partial charge on any atom is -0.369 e. The number of nitrogens with two attached hydrogens (primary N) is 1. The first-order chi connectivity index (χ1) is 9.56. The molecule has 2 rings (SSSR count). The molecule has 1 aromatic carbocycles. The summed E-state index contributed by atoms with van der Waals surface area (Å²) in [6.45, 7) is 1.96. The van der Waals surface area contributed by atoms with Gasteiger partial charge in [-0.1, -0.05) is 12.1 Å². The summed E-state index contributed by atoms with van der Waals surface area (Å²) in [4.78, 5) is 24.4. The van der Waals surface area contributed by atoms with Gasteiger partial charge in [0.1, 0.15) is 0 Å². The van der Waals surface area contributed by atoms with Gasteiger partial charge >= 0.3 is 0 Å². The molecule has 1 aliphatic rings. The number of anilines is 1. The maximum atomic E-state index is 12.1. The predicted octanol–water partition coefficient (Wildman–Crippen LogP) is 0.00990. The highest BCUT2D eigenvalue weighted by Gasteiger charge is 2.28. The Bertz CT molecular complexity index is 507. The molecule has 1 saturated heterocycles. The van der Waals surface area contributed by atoms with Gasteiger partial charge < -0.3 is 16.0 Å². The molecule has 0 spiro atoms. The van der Waals surface area contributed by atoms with E-state index in [2.05, 4.69) is 27.9 Å². The van der Waals surface area contributed by atoms with Crippen LogP contribution < -0.4 is 16.0 Å². The van der Waals surface area contributed by atoms with Crippen LogP contribution in [0.3, 0.4) is 0 Å². The third kappa shape index (κ3) is 4.17. The van der Waals surface area contributed by atoms with Gasteiger partial charge in [-0.15, -0.1) is 0 Å². The Morgan fingerprint density at radius 3 is 2.85 bits per heavy atom. The van der Waals surface area contributed by atoms with Crippen molar-refractivity contribution in [1.82, 2.24) is 0 Å². The van der Waals surface area contributed by atoms with E-state index >= 15 is 0 Å². The molecule has 2 amide bonds. The van der Waals surface area contributed by atoms with Crippen molar-refractivity contribution in [2.24, 2.45) is 11.7 Å². The quantitative estimate of drug-likeness (QED) is 0.636. The van der Waals surface area contributed by atoms with Gasteiger partial charge in [0.05, 0.1) is 24.7 Å². The molecule has 1 fully saturated rings. The average molecular weight is 388 g/mol. The zero-order valence-electron chi connectivity index (χ0n) is 11.2. The maximum Gasteiger partial charge on any atom is 0.279 e. The highest BCUT2D eigenvalue weighted by molar-refractivity contribution is 14.1. The molecule has 0 bridgehead atoms. The van der Waals surface area contributed by atoms with E-state index in [0.717, 1.165) is 33.5 Å². The van der Waals surface area contributed by atoms with Crippen molar-refractivity contribution >= 4 is 40.1 Å². The van der Waals surface area contributed by atoms with Crippen LogP contribution in [-0.2, 0) is 9.59 Å². The molecule has 2 atom stereocenters. The largest absolute Gasteiger partial charge is 0.369 e. The summed E-state index contributed by atoms with van der Waals surface area (Å²) in [5.74, 6) is -0.363. The number of nitrogens with one attached hydrogen (secondary N) is 2. The third-order valence-corrected chi connectivity index (χ3v) is 4.52. The molecule has 1 aromatic rings. The molecule has 108 valence electrons. The zero-order chi connectivity index (χ0) is 14.5. The number of benzene rings is 1.